The highest BCUT2D eigenvalue weighted by molar-refractivity contribution is 5.92. The molecule has 1 aromatic heterocycles. The van der Waals surface area contributed by atoms with Crippen molar-refractivity contribution >= 4 is 11.7 Å². The van der Waals surface area contributed by atoms with Gasteiger partial charge >= 0.3 is 0 Å². The number of anilines is 1. The van der Waals surface area contributed by atoms with Crippen LogP contribution in [-0.4, -0.2) is 17.4 Å². The number of nitrogens with two attached hydrogens (primary N) is 1. The van der Waals surface area contributed by atoms with Crippen molar-refractivity contribution in [3.63, 3.8) is 0 Å². The summed E-state index contributed by atoms with van der Waals surface area (Å²) < 4.78 is 13.0. The van der Waals surface area contributed by atoms with Crippen molar-refractivity contribution in [3.05, 3.63) is 59.0 Å². The first-order valence-corrected chi connectivity index (χ1v) is 6.32. The molecule has 0 bridgehead atoms. The van der Waals surface area contributed by atoms with E-state index in [0.29, 0.717) is 24.5 Å². The van der Waals surface area contributed by atoms with Gasteiger partial charge in [-0.25, -0.2) is 9.37 Å². The van der Waals surface area contributed by atoms with Crippen LogP contribution in [0.25, 0.3) is 0 Å². The molecule has 0 atom stereocenters. The van der Waals surface area contributed by atoms with Gasteiger partial charge in [-0.05, 0) is 48.7 Å². The molecule has 0 saturated heterocycles. The van der Waals surface area contributed by atoms with Gasteiger partial charge in [0.25, 0.3) is 5.91 Å². The summed E-state index contributed by atoms with van der Waals surface area (Å²) in [4.78, 5) is 15.8. The molecule has 1 amide bonds. The van der Waals surface area contributed by atoms with E-state index in [1.165, 1.54) is 12.1 Å². The zero-order valence-electron chi connectivity index (χ0n) is 11.2. The first-order valence-electron chi connectivity index (χ1n) is 6.32. The van der Waals surface area contributed by atoms with Crippen LogP contribution in [0.1, 0.15) is 21.6 Å². The van der Waals surface area contributed by atoms with Gasteiger partial charge in [-0.2, -0.15) is 0 Å². The second kappa shape index (κ2) is 6.14. The van der Waals surface area contributed by atoms with Gasteiger partial charge in [0.05, 0.1) is 0 Å². The molecular formula is C15H16FN3O. The average molecular weight is 273 g/mol. The van der Waals surface area contributed by atoms with E-state index in [2.05, 4.69) is 10.3 Å². The first kappa shape index (κ1) is 14.0. The predicted octanol–water partition coefficient (Wildman–Crippen LogP) is 2.08. The van der Waals surface area contributed by atoms with Crippen LogP contribution in [0.15, 0.2) is 36.4 Å². The van der Waals surface area contributed by atoms with Crippen LogP contribution in [0.5, 0.6) is 0 Å². The number of benzene rings is 1. The topological polar surface area (TPSA) is 68.0 Å². The van der Waals surface area contributed by atoms with Crippen LogP contribution in [0, 0.1) is 12.7 Å². The monoisotopic (exact) mass is 273 g/mol. The highest BCUT2D eigenvalue weighted by Crippen LogP contribution is 2.10. The van der Waals surface area contributed by atoms with Crippen molar-refractivity contribution < 1.29 is 9.18 Å². The lowest BCUT2D eigenvalue weighted by Crippen LogP contribution is -2.26. The van der Waals surface area contributed by atoms with Crippen molar-refractivity contribution in [2.24, 2.45) is 0 Å². The smallest absolute Gasteiger partial charge is 0.269 e. The lowest BCUT2D eigenvalue weighted by Gasteiger charge is -2.07. The molecular weight excluding hydrogens is 257 g/mol. The third-order valence-corrected chi connectivity index (χ3v) is 2.99. The number of pyridine rings is 1. The third kappa shape index (κ3) is 3.54. The van der Waals surface area contributed by atoms with E-state index in [9.17, 15) is 9.18 Å². The van der Waals surface area contributed by atoms with Crippen LogP contribution < -0.4 is 11.1 Å². The summed E-state index contributed by atoms with van der Waals surface area (Å²) in [6.45, 7) is 2.31. The maximum Gasteiger partial charge on any atom is 0.269 e. The Morgan fingerprint density at radius 2 is 2.15 bits per heavy atom. The number of carbonyl (C=O) groups is 1. The maximum absolute atomic E-state index is 13.0. The van der Waals surface area contributed by atoms with Crippen LogP contribution >= 0.6 is 0 Å². The minimum atomic E-state index is -0.267. The molecule has 0 unspecified atom stereocenters. The number of nitrogen functional groups attached to an aromatic ring is 1. The van der Waals surface area contributed by atoms with Crippen LogP contribution in [0.3, 0.4) is 0 Å². The fourth-order valence-corrected chi connectivity index (χ4v) is 1.92. The summed E-state index contributed by atoms with van der Waals surface area (Å²) in [5.74, 6) is -0.205. The summed E-state index contributed by atoms with van der Waals surface area (Å²) in [7, 11) is 0. The number of halogens is 1. The number of nitrogens with zero attached hydrogens (tertiary/aromatic N) is 1. The second-order valence-electron chi connectivity index (χ2n) is 4.52. The van der Waals surface area contributed by atoms with E-state index in [4.69, 9.17) is 5.73 Å². The predicted molar refractivity (Wildman–Crippen MR) is 75.8 cm³/mol. The van der Waals surface area contributed by atoms with Gasteiger partial charge in [0.1, 0.15) is 17.3 Å². The Hall–Kier alpha value is -2.43. The number of nitrogens with one attached hydrogen (secondary N) is 1. The summed E-state index contributed by atoms with van der Waals surface area (Å²) in [5.41, 5.74) is 7.70. The van der Waals surface area contributed by atoms with Gasteiger partial charge < -0.3 is 11.1 Å². The summed E-state index contributed by atoms with van der Waals surface area (Å²) in [6, 6.07) is 9.55. The highest BCUT2D eigenvalue weighted by Gasteiger charge is 2.07. The summed E-state index contributed by atoms with van der Waals surface area (Å²) in [5, 5.41) is 2.77. The van der Waals surface area contributed by atoms with Crippen molar-refractivity contribution in [2.75, 3.05) is 12.3 Å². The molecule has 0 fully saturated rings. The van der Waals surface area contributed by atoms with Crippen molar-refractivity contribution in [2.45, 2.75) is 13.3 Å². The largest absolute Gasteiger partial charge is 0.384 e. The molecule has 2 rings (SSSR count). The molecule has 0 aliphatic heterocycles. The summed E-state index contributed by atoms with van der Waals surface area (Å²) >= 11 is 0. The van der Waals surface area contributed by atoms with Gasteiger partial charge in [0.2, 0.25) is 0 Å². The van der Waals surface area contributed by atoms with Crippen molar-refractivity contribution in [1.29, 1.82) is 0 Å². The molecule has 0 radical (unpaired) electrons. The number of hydrogen-bond donors (Lipinski definition) is 2. The Morgan fingerprint density at radius 3 is 2.85 bits per heavy atom. The van der Waals surface area contributed by atoms with Crippen LogP contribution in [0.4, 0.5) is 10.2 Å². The Labute approximate surface area is 116 Å². The molecule has 1 aromatic carbocycles. The standard InChI is InChI=1S/C15H16FN3O/c1-10-9-12(16)6-5-11(10)7-8-18-15(20)13-3-2-4-14(17)19-13/h2-6,9H,7-8H2,1H3,(H2,17,19)(H,18,20). The lowest BCUT2D eigenvalue weighted by molar-refractivity contribution is 0.0949. The SMILES string of the molecule is Cc1cc(F)ccc1CCNC(=O)c1cccc(N)n1. The highest BCUT2D eigenvalue weighted by atomic mass is 19.1. The van der Waals surface area contributed by atoms with Gasteiger partial charge in [0.15, 0.2) is 0 Å². The minimum Gasteiger partial charge on any atom is -0.384 e. The minimum absolute atomic E-state index is 0.251. The fourth-order valence-electron chi connectivity index (χ4n) is 1.92. The lowest BCUT2D eigenvalue weighted by atomic mass is 10.1. The maximum atomic E-state index is 13.0. The van der Waals surface area contributed by atoms with E-state index in [0.717, 1.165) is 11.1 Å². The van der Waals surface area contributed by atoms with Crippen LogP contribution in [0.2, 0.25) is 0 Å². The molecule has 4 nitrogen and oxygen atoms in total. The molecule has 1 heterocycles. The number of aromatic nitrogens is 1. The number of aryl methyl sites for hydroxylation is 1. The van der Waals surface area contributed by atoms with E-state index in [1.807, 2.05) is 6.92 Å². The van der Waals surface area contributed by atoms with E-state index in [1.54, 1.807) is 24.3 Å². The number of amides is 1. The molecule has 20 heavy (non-hydrogen) atoms. The third-order valence-electron chi connectivity index (χ3n) is 2.99. The van der Waals surface area contributed by atoms with Gasteiger partial charge in [-0.1, -0.05) is 12.1 Å². The first-order chi connectivity index (χ1) is 9.56. The van der Waals surface area contributed by atoms with Gasteiger partial charge in [-0.3, -0.25) is 4.79 Å². The number of rotatable bonds is 4. The molecule has 0 spiro atoms. The van der Waals surface area contributed by atoms with Crippen molar-refractivity contribution in [1.82, 2.24) is 10.3 Å². The molecule has 0 saturated carbocycles. The average Bonchev–Trinajstić information content (AvgIpc) is 2.41. The zero-order chi connectivity index (χ0) is 14.5. The molecule has 0 aliphatic carbocycles. The molecule has 0 aliphatic rings. The number of hydrogen-bond acceptors (Lipinski definition) is 3. The molecule has 104 valence electrons. The molecule has 3 N–H and O–H groups in total. The van der Waals surface area contributed by atoms with E-state index in [-0.39, 0.29) is 11.7 Å². The van der Waals surface area contributed by atoms with E-state index < -0.39 is 0 Å². The van der Waals surface area contributed by atoms with Gasteiger partial charge in [0, 0.05) is 6.54 Å². The Kier molecular flexibility index (Phi) is 4.30. The van der Waals surface area contributed by atoms with Crippen LogP contribution in [-0.2, 0) is 6.42 Å². The normalized spacial score (nSPS) is 10.3. The quantitative estimate of drug-likeness (QED) is 0.896. The Bertz CT molecular complexity index is 628. The second-order valence-corrected chi connectivity index (χ2v) is 4.52. The Balaban J connectivity index is 1.91. The van der Waals surface area contributed by atoms with E-state index >= 15 is 0 Å². The fraction of sp³-hybridized carbons (Fsp3) is 0.200. The summed E-state index contributed by atoms with van der Waals surface area (Å²) in [6.07, 6.45) is 0.639. The van der Waals surface area contributed by atoms with Crippen molar-refractivity contribution in [3.8, 4) is 0 Å². The zero-order valence-corrected chi connectivity index (χ0v) is 11.2. The Morgan fingerprint density at radius 1 is 1.35 bits per heavy atom. The molecule has 5 heteroatoms. The van der Waals surface area contributed by atoms with Gasteiger partial charge in [-0.15, -0.1) is 0 Å². The molecule has 2 aromatic rings. The number of carbonyl (C=O) groups excluding carboxylic acids is 1.